The Balaban J connectivity index is 1.73. The number of hydrogen-bond acceptors (Lipinski definition) is 3. The molecule has 3 rings (SSSR count). The molecule has 0 aliphatic carbocycles. The summed E-state index contributed by atoms with van der Waals surface area (Å²) in [4.78, 5) is 27.1. The molecule has 2 aromatic rings. The van der Waals surface area contributed by atoms with E-state index in [1.165, 1.54) is 17.0 Å². The van der Waals surface area contributed by atoms with E-state index in [4.69, 9.17) is 16.3 Å². The van der Waals surface area contributed by atoms with Gasteiger partial charge >= 0.3 is 0 Å². The molecule has 160 valence electrons. The number of carbonyl (C=O) groups excluding carboxylic acids is 2. The molecule has 0 aromatic heterocycles. The van der Waals surface area contributed by atoms with Gasteiger partial charge in [-0.1, -0.05) is 29.8 Å². The summed E-state index contributed by atoms with van der Waals surface area (Å²) in [5.41, 5.74) is 2.88. The van der Waals surface area contributed by atoms with E-state index in [1.54, 1.807) is 6.07 Å². The predicted molar refractivity (Wildman–Crippen MR) is 115 cm³/mol. The first-order chi connectivity index (χ1) is 14.3. The maximum absolute atomic E-state index is 14.2. The number of ether oxygens (including phenoxy) is 1. The molecule has 1 saturated heterocycles. The van der Waals surface area contributed by atoms with Gasteiger partial charge < -0.3 is 15.0 Å². The van der Waals surface area contributed by atoms with Crippen LogP contribution in [0.5, 0.6) is 0 Å². The minimum Gasteiger partial charge on any atom is -0.376 e. The van der Waals surface area contributed by atoms with Crippen LogP contribution >= 0.6 is 11.6 Å². The second-order valence-electron chi connectivity index (χ2n) is 7.58. The van der Waals surface area contributed by atoms with Crippen LogP contribution in [0.25, 0.3) is 0 Å². The number of halogens is 2. The standard InChI is InChI=1S/C23H26ClFN2O3/c1-15-6-3-10-21(16(15)2)26-22(28)14-27(13-17-7-5-11-30-17)23(29)12-18-19(24)8-4-9-20(18)25/h3-4,6,8-10,17H,5,7,11-14H2,1-2H3,(H,26,28). The Labute approximate surface area is 181 Å². The maximum Gasteiger partial charge on any atom is 0.244 e. The van der Waals surface area contributed by atoms with Crippen molar-refractivity contribution in [3.63, 3.8) is 0 Å². The fourth-order valence-corrected chi connectivity index (χ4v) is 3.73. The van der Waals surface area contributed by atoms with Gasteiger partial charge in [0.25, 0.3) is 0 Å². The zero-order valence-corrected chi connectivity index (χ0v) is 18.0. The Morgan fingerprint density at radius 2 is 2.00 bits per heavy atom. The fourth-order valence-electron chi connectivity index (χ4n) is 3.50. The molecule has 1 aliphatic heterocycles. The molecular weight excluding hydrogens is 407 g/mol. The van der Waals surface area contributed by atoms with Crippen molar-refractivity contribution in [2.24, 2.45) is 0 Å². The third kappa shape index (κ3) is 5.58. The van der Waals surface area contributed by atoms with E-state index in [0.29, 0.717) is 12.3 Å². The highest BCUT2D eigenvalue weighted by Gasteiger charge is 2.26. The molecule has 1 atom stereocenters. The SMILES string of the molecule is Cc1cccc(NC(=O)CN(CC2CCCO2)C(=O)Cc2c(F)cccc2Cl)c1C. The number of aryl methyl sites for hydroxylation is 1. The highest BCUT2D eigenvalue weighted by Crippen LogP contribution is 2.22. The van der Waals surface area contributed by atoms with Crippen molar-refractivity contribution in [2.75, 3.05) is 25.0 Å². The minimum atomic E-state index is -0.534. The van der Waals surface area contributed by atoms with Crippen molar-refractivity contribution in [3.05, 3.63) is 63.9 Å². The highest BCUT2D eigenvalue weighted by atomic mass is 35.5. The van der Waals surface area contributed by atoms with E-state index < -0.39 is 5.82 Å². The second-order valence-corrected chi connectivity index (χ2v) is 7.99. The molecule has 0 saturated carbocycles. The topological polar surface area (TPSA) is 58.6 Å². The minimum absolute atomic E-state index is 0.126. The van der Waals surface area contributed by atoms with Gasteiger partial charge in [-0.25, -0.2) is 4.39 Å². The first kappa shape index (κ1) is 22.2. The molecule has 1 fully saturated rings. The van der Waals surface area contributed by atoms with Gasteiger partial charge in [0.15, 0.2) is 0 Å². The van der Waals surface area contributed by atoms with E-state index in [-0.39, 0.29) is 48.0 Å². The van der Waals surface area contributed by atoms with Gasteiger partial charge in [0.05, 0.1) is 19.1 Å². The van der Waals surface area contributed by atoms with Crippen LogP contribution in [0, 0.1) is 19.7 Å². The normalized spacial score (nSPS) is 15.8. The first-order valence-corrected chi connectivity index (χ1v) is 10.4. The van der Waals surface area contributed by atoms with E-state index >= 15 is 0 Å². The van der Waals surface area contributed by atoms with Gasteiger partial charge in [0, 0.05) is 29.4 Å². The quantitative estimate of drug-likeness (QED) is 0.710. The van der Waals surface area contributed by atoms with Gasteiger partial charge in [-0.3, -0.25) is 9.59 Å². The highest BCUT2D eigenvalue weighted by molar-refractivity contribution is 6.31. The van der Waals surface area contributed by atoms with Gasteiger partial charge in [0.2, 0.25) is 11.8 Å². The molecule has 5 nitrogen and oxygen atoms in total. The molecule has 7 heteroatoms. The Hall–Kier alpha value is -2.44. The van der Waals surface area contributed by atoms with Gasteiger partial charge in [0.1, 0.15) is 5.82 Å². The van der Waals surface area contributed by atoms with E-state index in [2.05, 4.69) is 5.32 Å². The number of amides is 2. The van der Waals surface area contributed by atoms with Crippen molar-refractivity contribution >= 4 is 29.1 Å². The lowest BCUT2D eigenvalue weighted by molar-refractivity contribution is -0.135. The lowest BCUT2D eigenvalue weighted by atomic mass is 10.1. The smallest absolute Gasteiger partial charge is 0.244 e. The average Bonchev–Trinajstić information content (AvgIpc) is 3.21. The molecule has 0 spiro atoms. The number of anilines is 1. The van der Waals surface area contributed by atoms with E-state index in [1.807, 2.05) is 32.0 Å². The summed E-state index contributed by atoms with van der Waals surface area (Å²) in [6, 6.07) is 9.97. The molecule has 1 unspecified atom stereocenters. The van der Waals surface area contributed by atoms with Crippen molar-refractivity contribution < 1.29 is 18.7 Å². The van der Waals surface area contributed by atoms with Crippen molar-refractivity contribution in [1.29, 1.82) is 0 Å². The monoisotopic (exact) mass is 432 g/mol. The van der Waals surface area contributed by atoms with E-state index in [9.17, 15) is 14.0 Å². The molecule has 2 aromatic carbocycles. The van der Waals surface area contributed by atoms with Gasteiger partial charge in [-0.05, 0) is 56.0 Å². The number of carbonyl (C=O) groups is 2. The zero-order chi connectivity index (χ0) is 21.7. The zero-order valence-electron chi connectivity index (χ0n) is 17.2. The van der Waals surface area contributed by atoms with Crippen LogP contribution in [0.3, 0.4) is 0 Å². The number of hydrogen-bond donors (Lipinski definition) is 1. The Kier molecular flexibility index (Phi) is 7.45. The third-order valence-corrected chi connectivity index (χ3v) is 5.76. The van der Waals surface area contributed by atoms with Crippen molar-refractivity contribution in [1.82, 2.24) is 4.90 Å². The fraction of sp³-hybridized carbons (Fsp3) is 0.391. The molecular formula is C23H26ClFN2O3. The van der Waals surface area contributed by atoms with Crippen LogP contribution in [0.2, 0.25) is 5.02 Å². The third-order valence-electron chi connectivity index (χ3n) is 5.40. The first-order valence-electron chi connectivity index (χ1n) is 10.0. The second kappa shape index (κ2) is 10.0. The summed E-state index contributed by atoms with van der Waals surface area (Å²) in [6.07, 6.45) is 1.40. The van der Waals surface area contributed by atoms with Crippen molar-refractivity contribution in [3.8, 4) is 0 Å². The lowest BCUT2D eigenvalue weighted by Crippen LogP contribution is -2.43. The van der Waals surface area contributed by atoms with Crippen LogP contribution in [-0.2, 0) is 20.7 Å². The summed E-state index contributed by atoms with van der Waals surface area (Å²) < 4.78 is 19.8. The van der Waals surface area contributed by atoms with Crippen molar-refractivity contribution in [2.45, 2.75) is 39.2 Å². The molecule has 1 N–H and O–H groups in total. The van der Waals surface area contributed by atoms with Gasteiger partial charge in [-0.15, -0.1) is 0 Å². The average molecular weight is 433 g/mol. The van der Waals surface area contributed by atoms with Gasteiger partial charge in [-0.2, -0.15) is 0 Å². The molecule has 0 bridgehead atoms. The predicted octanol–water partition coefficient (Wildman–Crippen LogP) is 4.28. The molecule has 30 heavy (non-hydrogen) atoms. The summed E-state index contributed by atoms with van der Waals surface area (Å²) in [5.74, 6) is -1.21. The molecule has 0 radical (unpaired) electrons. The van der Waals surface area contributed by atoms with Crippen LogP contribution in [-0.4, -0.2) is 42.5 Å². The molecule has 1 heterocycles. The summed E-state index contributed by atoms with van der Waals surface area (Å²) in [5, 5.41) is 3.07. The van der Waals surface area contributed by atoms with E-state index in [0.717, 1.165) is 24.0 Å². The molecule has 1 aliphatic rings. The largest absolute Gasteiger partial charge is 0.376 e. The Morgan fingerprint density at radius 3 is 2.70 bits per heavy atom. The van der Waals surface area contributed by atoms with Crippen LogP contribution in [0.4, 0.5) is 10.1 Å². The summed E-state index contributed by atoms with van der Waals surface area (Å²) in [7, 11) is 0. The number of nitrogens with zero attached hydrogens (tertiary/aromatic N) is 1. The number of benzene rings is 2. The van der Waals surface area contributed by atoms with Crippen LogP contribution in [0.1, 0.15) is 29.5 Å². The van der Waals surface area contributed by atoms with Crippen LogP contribution in [0.15, 0.2) is 36.4 Å². The Bertz CT molecular complexity index is 908. The molecule has 2 amide bonds. The Morgan fingerprint density at radius 1 is 1.23 bits per heavy atom. The summed E-state index contributed by atoms with van der Waals surface area (Å²) in [6.45, 7) is 4.68. The number of rotatable bonds is 7. The lowest BCUT2D eigenvalue weighted by Gasteiger charge is -2.25. The maximum atomic E-state index is 14.2. The summed E-state index contributed by atoms with van der Waals surface area (Å²) >= 11 is 6.08. The van der Waals surface area contributed by atoms with Crippen LogP contribution < -0.4 is 5.32 Å². The number of nitrogens with one attached hydrogen (secondary N) is 1.